The van der Waals surface area contributed by atoms with Crippen molar-refractivity contribution >= 4 is 5.91 Å². The van der Waals surface area contributed by atoms with Gasteiger partial charge in [-0.05, 0) is 30.0 Å². The summed E-state index contributed by atoms with van der Waals surface area (Å²) in [6, 6.07) is 7.64. The van der Waals surface area contributed by atoms with Crippen molar-refractivity contribution in [3.05, 3.63) is 35.4 Å². The smallest absolute Gasteiger partial charge is 0.251 e. The maximum Gasteiger partial charge on any atom is 0.251 e. The zero-order chi connectivity index (χ0) is 12.0. The predicted molar refractivity (Wildman–Crippen MR) is 64.6 cm³/mol. The van der Waals surface area contributed by atoms with Gasteiger partial charge in [-0.25, -0.2) is 0 Å². The third-order valence-electron chi connectivity index (χ3n) is 2.44. The van der Waals surface area contributed by atoms with E-state index in [0.717, 1.165) is 5.56 Å². The predicted octanol–water partition coefficient (Wildman–Crippen LogP) is 1.92. The molecule has 0 heterocycles. The zero-order valence-corrected chi connectivity index (χ0v) is 9.86. The third-order valence-corrected chi connectivity index (χ3v) is 2.44. The molecule has 1 amide bonds. The summed E-state index contributed by atoms with van der Waals surface area (Å²) in [7, 11) is 0. The number of rotatable bonds is 5. The van der Waals surface area contributed by atoms with Gasteiger partial charge in [-0.3, -0.25) is 4.79 Å². The van der Waals surface area contributed by atoms with E-state index in [0.29, 0.717) is 24.4 Å². The molecular formula is C13H19NO2. The van der Waals surface area contributed by atoms with Crippen LogP contribution in [0.2, 0.25) is 0 Å². The van der Waals surface area contributed by atoms with Crippen LogP contribution in [0.25, 0.3) is 0 Å². The zero-order valence-electron chi connectivity index (χ0n) is 9.86. The van der Waals surface area contributed by atoms with E-state index in [4.69, 9.17) is 5.11 Å². The Balaban J connectivity index is 2.64. The molecule has 0 saturated heterocycles. The van der Waals surface area contributed by atoms with Crippen LogP contribution in [0, 0.1) is 0 Å². The van der Waals surface area contributed by atoms with Crippen molar-refractivity contribution in [1.82, 2.24) is 5.32 Å². The molecule has 0 bridgehead atoms. The van der Waals surface area contributed by atoms with Gasteiger partial charge in [0.2, 0.25) is 0 Å². The number of hydrogen-bond donors (Lipinski definition) is 2. The Bertz CT molecular complexity index is 348. The molecule has 0 atom stereocenters. The van der Waals surface area contributed by atoms with E-state index in [1.54, 1.807) is 6.07 Å². The lowest BCUT2D eigenvalue weighted by Gasteiger charge is -2.08. The number of carbonyl (C=O) groups is 1. The Labute approximate surface area is 96.5 Å². The molecule has 3 nitrogen and oxygen atoms in total. The van der Waals surface area contributed by atoms with E-state index in [1.807, 2.05) is 18.2 Å². The van der Waals surface area contributed by atoms with Gasteiger partial charge in [0.15, 0.2) is 0 Å². The fourth-order valence-electron chi connectivity index (χ4n) is 1.42. The first-order chi connectivity index (χ1) is 7.65. The lowest BCUT2D eigenvalue weighted by molar-refractivity contribution is 0.0951. The summed E-state index contributed by atoms with van der Waals surface area (Å²) in [5, 5.41) is 11.4. The highest BCUT2D eigenvalue weighted by Gasteiger charge is 2.06. The van der Waals surface area contributed by atoms with Gasteiger partial charge in [0, 0.05) is 18.7 Å². The molecule has 0 fully saturated rings. The van der Waals surface area contributed by atoms with Crippen molar-refractivity contribution in [2.24, 2.45) is 0 Å². The van der Waals surface area contributed by atoms with E-state index < -0.39 is 0 Å². The third kappa shape index (κ3) is 3.66. The molecule has 1 aromatic carbocycles. The van der Waals surface area contributed by atoms with Crippen molar-refractivity contribution in [2.45, 2.75) is 26.2 Å². The molecule has 0 aliphatic heterocycles. The van der Waals surface area contributed by atoms with Gasteiger partial charge in [-0.1, -0.05) is 26.0 Å². The molecule has 0 radical (unpaired) electrons. The summed E-state index contributed by atoms with van der Waals surface area (Å²) in [6.45, 7) is 4.82. The Morgan fingerprint density at radius 3 is 2.81 bits per heavy atom. The van der Waals surface area contributed by atoms with E-state index in [9.17, 15) is 4.79 Å². The lowest BCUT2D eigenvalue weighted by Crippen LogP contribution is -2.25. The van der Waals surface area contributed by atoms with Gasteiger partial charge in [-0.15, -0.1) is 0 Å². The van der Waals surface area contributed by atoms with Crippen molar-refractivity contribution in [2.75, 3.05) is 13.2 Å². The minimum absolute atomic E-state index is 0.0732. The highest BCUT2D eigenvalue weighted by Crippen LogP contribution is 2.15. The van der Waals surface area contributed by atoms with Crippen molar-refractivity contribution < 1.29 is 9.90 Å². The maximum atomic E-state index is 11.7. The van der Waals surface area contributed by atoms with Gasteiger partial charge >= 0.3 is 0 Å². The number of hydrogen-bond acceptors (Lipinski definition) is 2. The first-order valence-electron chi connectivity index (χ1n) is 5.64. The number of carbonyl (C=O) groups excluding carboxylic acids is 1. The van der Waals surface area contributed by atoms with Crippen LogP contribution in [0.5, 0.6) is 0 Å². The SMILES string of the molecule is CC(C)c1cccc(C(=O)NCCCO)c1. The average Bonchev–Trinajstić information content (AvgIpc) is 2.29. The minimum Gasteiger partial charge on any atom is -0.396 e. The van der Waals surface area contributed by atoms with E-state index in [1.165, 1.54) is 0 Å². The Hall–Kier alpha value is -1.35. The van der Waals surface area contributed by atoms with Crippen molar-refractivity contribution in [3.8, 4) is 0 Å². The Morgan fingerprint density at radius 2 is 2.19 bits per heavy atom. The molecule has 0 saturated carbocycles. The second-order valence-corrected chi connectivity index (χ2v) is 4.11. The normalized spacial score (nSPS) is 10.5. The molecule has 0 aliphatic rings. The number of aliphatic hydroxyl groups is 1. The highest BCUT2D eigenvalue weighted by atomic mass is 16.3. The van der Waals surface area contributed by atoms with E-state index in [2.05, 4.69) is 19.2 Å². The van der Waals surface area contributed by atoms with Crippen LogP contribution in [0.1, 0.15) is 42.1 Å². The molecule has 88 valence electrons. The summed E-state index contributed by atoms with van der Waals surface area (Å²) in [4.78, 5) is 11.7. The van der Waals surface area contributed by atoms with Gasteiger partial charge in [0.1, 0.15) is 0 Å². The van der Waals surface area contributed by atoms with Gasteiger partial charge in [0.05, 0.1) is 0 Å². The molecule has 0 aliphatic carbocycles. The molecule has 1 rings (SSSR count). The fraction of sp³-hybridized carbons (Fsp3) is 0.462. The topological polar surface area (TPSA) is 49.3 Å². The number of benzene rings is 1. The quantitative estimate of drug-likeness (QED) is 0.746. The first-order valence-corrected chi connectivity index (χ1v) is 5.64. The maximum absolute atomic E-state index is 11.7. The van der Waals surface area contributed by atoms with Gasteiger partial charge in [-0.2, -0.15) is 0 Å². The molecular weight excluding hydrogens is 202 g/mol. The minimum atomic E-state index is -0.0732. The molecule has 0 spiro atoms. The highest BCUT2D eigenvalue weighted by molar-refractivity contribution is 5.94. The number of nitrogens with one attached hydrogen (secondary N) is 1. The van der Waals surface area contributed by atoms with Crippen LogP contribution >= 0.6 is 0 Å². The molecule has 3 heteroatoms. The second kappa shape index (κ2) is 6.28. The average molecular weight is 221 g/mol. The molecule has 1 aromatic rings. The summed E-state index contributed by atoms with van der Waals surface area (Å²) in [5.41, 5.74) is 1.85. The Morgan fingerprint density at radius 1 is 1.44 bits per heavy atom. The first kappa shape index (κ1) is 12.7. The van der Waals surface area contributed by atoms with Gasteiger partial charge in [0.25, 0.3) is 5.91 Å². The van der Waals surface area contributed by atoms with Crippen LogP contribution < -0.4 is 5.32 Å². The van der Waals surface area contributed by atoms with Crippen LogP contribution in [0.4, 0.5) is 0 Å². The van der Waals surface area contributed by atoms with Crippen LogP contribution in [0.15, 0.2) is 24.3 Å². The molecule has 0 unspecified atom stereocenters. The largest absolute Gasteiger partial charge is 0.396 e. The fourth-order valence-corrected chi connectivity index (χ4v) is 1.42. The Kier molecular flexibility index (Phi) is 4.99. The van der Waals surface area contributed by atoms with Crippen molar-refractivity contribution in [1.29, 1.82) is 0 Å². The van der Waals surface area contributed by atoms with Crippen LogP contribution in [0.3, 0.4) is 0 Å². The summed E-state index contributed by atoms with van der Waals surface area (Å²) in [6.07, 6.45) is 0.593. The molecule has 0 aromatic heterocycles. The van der Waals surface area contributed by atoms with E-state index in [-0.39, 0.29) is 12.5 Å². The summed E-state index contributed by atoms with van der Waals surface area (Å²) in [5.74, 6) is 0.348. The van der Waals surface area contributed by atoms with Crippen LogP contribution in [-0.4, -0.2) is 24.2 Å². The van der Waals surface area contributed by atoms with E-state index >= 15 is 0 Å². The van der Waals surface area contributed by atoms with Gasteiger partial charge < -0.3 is 10.4 Å². The summed E-state index contributed by atoms with van der Waals surface area (Å²) < 4.78 is 0. The number of amides is 1. The number of aliphatic hydroxyl groups excluding tert-OH is 1. The summed E-state index contributed by atoms with van der Waals surface area (Å²) >= 11 is 0. The lowest BCUT2D eigenvalue weighted by atomic mass is 10.0. The van der Waals surface area contributed by atoms with Crippen molar-refractivity contribution in [3.63, 3.8) is 0 Å². The second-order valence-electron chi connectivity index (χ2n) is 4.11. The standard InChI is InChI=1S/C13H19NO2/c1-10(2)11-5-3-6-12(9-11)13(16)14-7-4-8-15/h3,5-6,9-10,15H,4,7-8H2,1-2H3,(H,14,16). The molecule has 2 N–H and O–H groups in total. The molecule has 16 heavy (non-hydrogen) atoms. The monoisotopic (exact) mass is 221 g/mol. The van der Waals surface area contributed by atoms with Crippen LogP contribution in [-0.2, 0) is 0 Å².